The number of rotatable bonds is 7. The molecular weight excluding hydrogens is 282 g/mol. The maximum atomic E-state index is 11.9. The summed E-state index contributed by atoms with van der Waals surface area (Å²) in [4.78, 5) is 11.9. The molecule has 0 bridgehead atoms. The van der Waals surface area contributed by atoms with Crippen molar-refractivity contribution in [3.63, 3.8) is 0 Å². The van der Waals surface area contributed by atoms with Gasteiger partial charge in [-0.05, 0) is 58.3 Å². The summed E-state index contributed by atoms with van der Waals surface area (Å²) in [6.45, 7) is 3.97. The van der Waals surface area contributed by atoms with Crippen LogP contribution in [0.25, 0.3) is 0 Å². The van der Waals surface area contributed by atoms with Gasteiger partial charge in [-0.1, -0.05) is 6.42 Å². The predicted molar refractivity (Wildman–Crippen MR) is 83.8 cm³/mol. The van der Waals surface area contributed by atoms with Gasteiger partial charge in [0.05, 0.1) is 0 Å². The molecule has 0 aromatic carbocycles. The van der Waals surface area contributed by atoms with E-state index in [1.165, 1.54) is 6.42 Å². The largest absolute Gasteiger partial charge is 0.475 e. The van der Waals surface area contributed by atoms with E-state index in [1.54, 1.807) is 6.26 Å². The highest BCUT2D eigenvalue weighted by atomic mass is 16.5. The number of esters is 1. The molecule has 1 atom stereocenters. The highest BCUT2D eigenvalue weighted by Crippen LogP contribution is 2.24. The Morgan fingerprint density at radius 3 is 2.77 bits per heavy atom. The number of hydrogen-bond donors (Lipinski definition) is 2. The minimum atomic E-state index is -0.380. The number of nitrogens with one attached hydrogen (secondary N) is 1. The van der Waals surface area contributed by atoms with Gasteiger partial charge in [0.2, 0.25) is 0 Å². The van der Waals surface area contributed by atoms with Gasteiger partial charge in [-0.25, -0.2) is 0 Å². The first-order valence-electron chi connectivity index (χ1n) is 8.44. The van der Waals surface area contributed by atoms with Gasteiger partial charge in [-0.15, -0.1) is 0 Å². The van der Waals surface area contributed by atoms with E-state index in [9.17, 15) is 9.90 Å². The molecule has 1 aliphatic carbocycles. The molecule has 0 aromatic rings. The quantitative estimate of drug-likeness (QED) is 0.708. The molecule has 0 aromatic heterocycles. The summed E-state index contributed by atoms with van der Waals surface area (Å²) in [7, 11) is 0. The molecule has 2 N–H and O–H groups in total. The van der Waals surface area contributed by atoms with Crippen molar-refractivity contribution in [2.24, 2.45) is 5.92 Å². The normalized spacial score (nSPS) is 22.4. The van der Waals surface area contributed by atoms with Gasteiger partial charge in [-0.2, -0.15) is 0 Å². The number of ether oxygens (including phenoxy) is 2. The predicted octanol–water partition coefficient (Wildman–Crippen LogP) is 2.84. The minimum absolute atomic E-state index is 0.0511. The van der Waals surface area contributed by atoms with Crippen LogP contribution >= 0.6 is 0 Å². The lowest BCUT2D eigenvalue weighted by atomic mass is 9.97. The van der Waals surface area contributed by atoms with Crippen molar-refractivity contribution in [2.45, 2.75) is 77.0 Å². The lowest BCUT2D eigenvalue weighted by Gasteiger charge is -2.23. The van der Waals surface area contributed by atoms with E-state index in [-0.39, 0.29) is 30.3 Å². The smallest absolute Gasteiger partial charge is 0.306 e. The van der Waals surface area contributed by atoms with Crippen molar-refractivity contribution in [1.82, 2.24) is 5.32 Å². The van der Waals surface area contributed by atoms with E-state index in [1.807, 2.05) is 13.8 Å². The third kappa shape index (κ3) is 5.52. The number of carbonyl (C=O) groups is 1. The highest BCUT2D eigenvalue weighted by molar-refractivity contribution is 5.69. The minimum Gasteiger partial charge on any atom is -0.475 e. The van der Waals surface area contributed by atoms with Gasteiger partial charge in [0.15, 0.2) is 5.72 Å². The van der Waals surface area contributed by atoms with Gasteiger partial charge in [0.25, 0.3) is 0 Å². The summed E-state index contributed by atoms with van der Waals surface area (Å²) in [6, 6.07) is 0. The average Bonchev–Trinajstić information content (AvgIpc) is 2.83. The van der Waals surface area contributed by atoms with Gasteiger partial charge >= 0.3 is 5.97 Å². The summed E-state index contributed by atoms with van der Waals surface area (Å²) in [6.07, 6.45) is 9.10. The molecule has 5 nitrogen and oxygen atoms in total. The third-order valence-corrected chi connectivity index (χ3v) is 4.33. The van der Waals surface area contributed by atoms with Crippen molar-refractivity contribution in [3.05, 3.63) is 12.0 Å². The van der Waals surface area contributed by atoms with E-state index in [0.29, 0.717) is 19.3 Å². The fraction of sp³-hybridized carbons (Fsp3) is 0.824. The monoisotopic (exact) mass is 311 g/mol. The zero-order valence-corrected chi connectivity index (χ0v) is 13.8. The number of aliphatic hydroxyl groups is 1. The Labute approximate surface area is 133 Å². The summed E-state index contributed by atoms with van der Waals surface area (Å²) < 4.78 is 11.0. The summed E-state index contributed by atoms with van der Waals surface area (Å²) in [5.41, 5.74) is 0.597. The van der Waals surface area contributed by atoms with Crippen LogP contribution in [0.4, 0.5) is 0 Å². The van der Waals surface area contributed by atoms with Crippen molar-refractivity contribution in [3.8, 4) is 0 Å². The van der Waals surface area contributed by atoms with Crippen LogP contribution in [0.2, 0.25) is 0 Å². The summed E-state index contributed by atoms with van der Waals surface area (Å²) in [5.74, 6) is -0.0783. The molecule has 1 saturated carbocycles. The molecule has 22 heavy (non-hydrogen) atoms. The number of hydrogen-bond acceptors (Lipinski definition) is 5. The Hall–Kier alpha value is -1.23. The van der Waals surface area contributed by atoms with Crippen LogP contribution in [-0.4, -0.2) is 29.5 Å². The van der Waals surface area contributed by atoms with Crippen LogP contribution in [0.15, 0.2) is 12.0 Å². The first-order valence-corrected chi connectivity index (χ1v) is 8.44. The number of aliphatic hydroxyl groups excluding tert-OH is 1. The second kappa shape index (κ2) is 7.86. The standard InChI is InChI=1S/C17H29NO4/c1-17(2)18-14(12-21-17)10-13(11-19)8-9-16(20)22-15-6-4-3-5-7-15/h12-13,15,18-19H,3-11H2,1-2H3/t13-/m1/s1. The SMILES string of the molecule is CC1(C)NC(C[C@H](CO)CCC(=O)OC2CCCCC2)=CO1. The van der Waals surface area contributed by atoms with Crippen LogP contribution in [-0.2, 0) is 14.3 Å². The highest BCUT2D eigenvalue weighted by Gasteiger charge is 2.26. The van der Waals surface area contributed by atoms with Gasteiger partial charge < -0.3 is 19.9 Å². The average molecular weight is 311 g/mol. The van der Waals surface area contributed by atoms with Crippen LogP contribution in [0, 0.1) is 5.92 Å². The Balaban J connectivity index is 1.68. The second-order valence-corrected chi connectivity index (χ2v) is 6.94. The summed E-state index contributed by atoms with van der Waals surface area (Å²) in [5, 5.41) is 12.8. The molecule has 0 spiro atoms. The molecule has 1 fully saturated rings. The van der Waals surface area contributed by atoms with E-state index in [2.05, 4.69) is 5.32 Å². The van der Waals surface area contributed by atoms with Crippen LogP contribution < -0.4 is 5.32 Å². The van der Waals surface area contributed by atoms with Crippen molar-refractivity contribution < 1.29 is 19.4 Å². The van der Waals surface area contributed by atoms with Gasteiger partial charge in [0.1, 0.15) is 12.4 Å². The van der Waals surface area contributed by atoms with Crippen molar-refractivity contribution >= 4 is 5.97 Å². The fourth-order valence-corrected chi connectivity index (χ4v) is 3.08. The Bertz CT molecular complexity index is 399. The molecule has 5 heteroatoms. The number of allylic oxidation sites excluding steroid dienone is 1. The second-order valence-electron chi connectivity index (χ2n) is 6.94. The lowest BCUT2D eigenvalue weighted by molar-refractivity contribution is -0.150. The van der Waals surface area contributed by atoms with Crippen molar-refractivity contribution in [2.75, 3.05) is 6.61 Å². The Morgan fingerprint density at radius 2 is 2.18 bits per heavy atom. The topological polar surface area (TPSA) is 67.8 Å². The molecule has 1 heterocycles. The molecule has 1 aliphatic heterocycles. The summed E-state index contributed by atoms with van der Waals surface area (Å²) >= 11 is 0. The Kier molecular flexibility index (Phi) is 6.12. The lowest BCUT2D eigenvalue weighted by Crippen LogP contribution is -2.35. The maximum absolute atomic E-state index is 11.9. The van der Waals surface area contributed by atoms with E-state index >= 15 is 0 Å². The maximum Gasteiger partial charge on any atom is 0.306 e. The first kappa shape index (κ1) is 17.1. The fourth-order valence-electron chi connectivity index (χ4n) is 3.08. The van der Waals surface area contributed by atoms with E-state index in [0.717, 1.165) is 31.4 Å². The molecule has 126 valence electrons. The molecule has 0 radical (unpaired) electrons. The molecule has 0 unspecified atom stereocenters. The number of carbonyl (C=O) groups excluding carboxylic acids is 1. The molecule has 2 rings (SSSR count). The van der Waals surface area contributed by atoms with Crippen LogP contribution in [0.3, 0.4) is 0 Å². The van der Waals surface area contributed by atoms with E-state index in [4.69, 9.17) is 9.47 Å². The van der Waals surface area contributed by atoms with Crippen molar-refractivity contribution in [1.29, 1.82) is 0 Å². The Morgan fingerprint density at radius 1 is 1.45 bits per heavy atom. The molecular formula is C17H29NO4. The van der Waals surface area contributed by atoms with Crippen LogP contribution in [0.5, 0.6) is 0 Å². The third-order valence-electron chi connectivity index (χ3n) is 4.33. The zero-order valence-electron chi connectivity index (χ0n) is 13.8. The van der Waals surface area contributed by atoms with Crippen LogP contribution in [0.1, 0.15) is 65.2 Å². The van der Waals surface area contributed by atoms with Gasteiger partial charge in [-0.3, -0.25) is 4.79 Å². The first-order chi connectivity index (χ1) is 10.5. The van der Waals surface area contributed by atoms with E-state index < -0.39 is 0 Å². The molecule has 2 aliphatic rings. The molecule has 0 saturated heterocycles. The van der Waals surface area contributed by atoms with Gasteiger partial charge in [0, 0.05) is 18.7 Å². The zero-order chi connectivity index (χ0) is 16.0. The molecule has 0 amide bonds.